The Morgan fingerprint density at radius 3 is 2.78 bits per heavy atom. The predicted octanol–water partition coefficient (Wildman–Crippen LogP) is 3.99. The van der Waals surface area contributed by atoms with Crippen molar-refractivity contribution in [3.63, 3.8) is 0 Å². The highest BCUT2D eigenvalue weighted by Gasteiger charge is 2.41. The minimum Gasteiger partial charge on any atom is -0.467 e. The fourth-order valence-corrected chi connectivity index (χ4v) is 3.78. The number of hydrogen-bond acceptors (Lipinski definition) is 3. The second-order valence-corrected chi connectivity index (χ2v) is 6.88. The Morgan fingerprint density at radius 1 is 1.19 bits per heavy atom. The van der Waals surface area contributed by atoms with Crippen molar-refractivity contribution in [3.8, 4) is 0 Å². The first-order valence-corrected chi connectivity index (χ1v) is 9.26. The molecule has 140 valence electrons. The van der Waals surface area contributed by atoms with Gasteiger partial charge < -0.3 is 15.1 Å². The molecule has 2 N–H and O–H groups in total. The number of hydrogen-bond donors (Lipinski definition) is 2. The molecule has 2 atom stereocenters. The molecule has 0 radical (unpaired) electrons. The van der Waals surface area contributed by atoms with E-state index >= 15 is 0 Å². The van der Waals surface area contributed by atoms with E-state index in [-0.39, 0.29) is 24.5 Å². The second-order valence-electron chi connectivity index (χ2n) is 6.88. The lowest BCUT2D eigenvalue weighted by Gasteiger charge is -2.42. The number of anilines is 1. The molecule has 1 saturated carbocycles. The van der Waals surface area contributed by atoms with Gasteiger partial charge in [0.2, 0.25) is 0 Å². The number of furan rings is 1. The summed E-state index contributed by atoms with van der Waals surface area (Å²) in [6, 6.07) is 12.1. The summed E-state index contributed by atoms with van der Waals surface area (Å²) in [5.41, 5.74) is 0.671. The van der Waals surface area contributed by atoms with E-state index in [1.165, 1.54) is 4.90 Å². The zero-order chi connectivity index (χ0) is 18.6. The number of para-hydroxylation sites is 1. The van der Waals surface area contributed by atoms with Crippen LogP contribution in [0.5, 0.6) is 0 Å². The van der Waals surface area contributed by atoms with Gasteiger partial charge in [0.15, 0.2) is 0 Å². The number of urea groups is 2. The Bertz CT molecular complexity index is 832. The quantitative estimate of drug-likeness (QED) is 0.861. The highest BCUT2D eigenvalue weighted by molar-refractivity contribution is 6.07. The van der Waals surface area contributed by atoms with Crippen LogP contribution >= 0.6 is 0 Å². The topological polar surface area (TPSA) is 86.9 Å². The van der Waals surface area contributed by atoms with Crippen molar-refractivity contribution < 1.29 is 14.0 Å². The van der Waals surface area contributed by atoms with Crippen LogP contribution in [0.1, 0.15) is 31.4 Å². The van der Waals surface area contributed by atoms with Crippen molar-refractivity contribution in [3.05, 3.63) is 54.5 Å². The molecule has 0 bridgehead atoms. The number of nitrogens with zero attached hydrogens (tertiary/aromatic N) is 2. The number of aliphatic imine (C=N–C) groups is 1. The van der Waals surface area contributed by atoms with Gasteiger partial charge in [-0.3, -0.25) is 4.90 Å². The van der Waals surface area contributed by atoms with Gasteiger partial charge >= 0.3 is 12.1 Å². The molecule has 1 aliphatic heterocycles. The Labute approximate surface area is 157 Å². The summed E-state index contributed by atoms with van der Waals surface area (Å²) in [6.07, 6.45) is 5.51. The molecule has 1 saturated heterocycles. The van der Waals surface area contributed by atoms with Gasteiger partial charge in [0, 0.05) is 17.6 Å². The number of carbonyl (C=O) groups excluding carboxylic acids is 2. The van der Waals surface area contributed by atoms with E-state index in [2.05, 4.69) is 15.6 Å². The number of fused-ring (bicyclic) bond motifs is 1. The SMILES string of the molecule is O=C(/N=C1\C2CCCCC2NC(=O)N1Cc1ccco1)Nc1ccccc1. The van der Waals surface area contributed by atoms with Gasteiger partial charge in [0.1, 0.15) is 11.6 Å². The van der Waals surface area contributed by atoms with Crippen LogP contribution in [-0.4, -0.2) is 28.8 Å². The van der Waals surface area contributed by atoms with E-state index in [0.717, 1.165) is 25.7 Å². The van der Waals surface area contributed by atoms with Crippen molar-refractivity contribution >= 4 is 23.6 Å². The molecule has 27 heavy (non-hydrogen) atoms. The molecule has 7 heteroatoms. The van der Waals surface area contributed by atoms with Gasteiger partial charge in [-0.1, -0.05) is 31.0 Å². The van der Waals surface area contributed by atoms with E-state index in [9.17, 15) is 9.59 Å². The molecule has 4 rings (SSSR count). The van der Waals surface area contributed by atoms with Gasteiger partial charge in [-0.15, -0.1) is 0 Å². The molecule has 1 aliphatic carbocycles. The van der Waals surface area contributed by atoms with Crippen LogP contribution in [0.2, 0.25) is 0 Å². The minimum atomic E-state index is -0.473. The summed E-state index contributed by atoms with van der Waals surface area (Å²) in [5.74, 6) is 1.21. The lowest BCUT2D eigenvalue weighted by atomic mass is 9.82. The van der Waals surface area contributed by atoms with Crippen molar-refractivity contribution in [1.82, 2.24) is 10.2 Å². The Balaban J connectivity index is 1.61. The summed E-state index contributed by atoms with van der Waals surface area (Å²) in [4.78, 5) is 31.1. The average molecular weight is 366 g/mol. The largest absolute Gasteiger partial charge is 0.467 e. The number of carbonyl (C=O) groups is 2. The summed E-state index contributed by atoms with van der Waals surface area (Å²) in [7, 11) is 0. The van der Waals surface area contributed by atoms with E-state index in [1.807, 2.05) is 24.3 Å². The van der Waals surface area contributed by atoms with Crippen molar-refractivity contribution in [2.45, 2.75) is 38.3 Å². The monoisotopic (exact) mass is 366 g/mol. The number of amidine groups is 1. The predicted molar refractivity (Wildman–Crippen MR) is 101 cm³/mol. The van der Waals surface area contributed by atoms with Crippen molar-refractivity contribution in [2.75, 3.05) is 5.32 Å². The molecule has 2 aliphatic rings. The first-order valence-electron chi connectivity index (χ1n) is 9.26. The lowest BCUT2D eigenvalue weighted by molar-refractivity contribution is 0.184. The molecule has 1 aromatic heterocycles. The van der Waals surface area contributed by atoms with E-state index in [1.54, 1.807) is 24.5 Å². The van der Waals surface area contributed by atoms with E-state index in [0.29, 0.717) is 17.3 Å². The van der Waals surface area contributed by atoms with E-state index in [4.69, 9.17) is 4.42 Å². The van der Waals surface area contributed by atoms with E-state index < -0.39 is 6.03 Å². The summed E-state index contributed by atoms with van der Waals surface area (Å²) < 4.78 is 5.39. The van der Waals surface area contributed by atoms with Crippen LogP contribution < -0.4 is 10.6 Å². The van der Waals surface area contributed by atoms with Gasteiger partial charge in [-0.05, 0) is 37.1 Å². The first kappa shape index (κ1) is 17.3. The second kappa shape index (κ2) is 7.65. The molecule has 0 spiro atoms. The van der Waals surface area contributed by atoms with Crippen LogP contribution in [0, 0.1) is 5.92 Å². The normalized spacial score (nSPS) is 23.6. The maximum absolute atomic E-state index is 12.7. The van der Waals surface area contributed by atoms with Gasteiger partial charge in [-0.2, -0.15) is 4.99 Å². The summed E-state index contributed by atoms with van der Waals surface area (Å²) >= 11 is 0. The molecule has 7 nitrogen and oxygen atoms in total. The fraction of sp³-hybridized carbons (Fsp3) is 0.350. The third-order valence-electron chi connectivity index (χ3n) is 5.06. The number of benzene rings is 1. The fourth-order valence-electron chi connectivity index (χ4n) is 3.78. The van der Waals surface area contributed by atoms with Crippen LogP contribution in [0.3, 0.4) is 0 Å². The molecule has 1 aromatic carbocycles. The maximum Gasteiger partial charge on any atom is 0.347 e. The van der Waals surface area contributed by atoms with Crippen molar-refractivity contribution in [2.24, 2.45) is 10.9 Å². The van der Waals surface area contributed by atoms with Gasteiger partial charge in [0.25, 0.3) is 0 Å². The maximum atomic E-state index is 12.7. The molecular formula is C20H22N4O3. The van der Waals surface area contributed by atoms with Crippen LogP contribution in [0.25, 0.3) is 0 Å². The van der Waals surface area contributed by atoms with Gasteiger partial charge in [-0.25, -0.2) is 9.59 Å². The number of amides is 4. The molecule has 2 heterocycles. The number of rotatable bonds is 3. The van der Waals surface area contributed by atoms with Crippen LogP contribution in [0.4, 0.5) is 15.3 Å². The molecule has 2 unspecified atom stereocenters. The minimum absolute atomic E-state index is 0.0300. The zero-order valence-corrected chi connectivity index (χ0v) is 14.9. The highest BCUT2D eigenvalue weighted by atomic mass is 16.3. The Kier molecular flexibility index (Phi) is 4.91. The lowest BCUT2D eigenvalue weighted by Crippen LogP contribution is -2.60. The molecule has 4 amide bonds. The summed E-state index contributed by atoms with van der Waals surface area (Å²) in [6.45, 7) is 0.250. The first-order chi connectivity index (χ1) is 13.2. The standard InChI is InChI=1S/C20H22N4O3/c25-19(21-14-7-2-1-3-8-14)23-18-16-10-4-5-11-17(16)22-20(26)24(18)13-15-9-6-12-27-15/h1-3,6-9,12,16-17H,4-5,10-11,13H2,(H,21,25)(H,22,26)/b23-18+. The average Bonchev–Trinajstić information content (AvgIpc) is 3.18. The van der Waals surface area contributed by atoms with Gasteiger partial charge in [0.05, 0.1) is 12.8 Å². The molecular weight excluding hydrogens is 344 g/mol. The third-order valence-corrected chi connectivity index (χ3v) is 5.06. The van der Waals surface area contributed by atoms with Crippen LogP contribution in [-0.2, 0) is 6.54 Å². The number of nitrogens with one attached hydrogen (secondary N) is 2. The summed E-state index contributed by atoms with van der Waals surface area (Å²) in [5, 5.41) is 5.84. The Hall–Kier alpha value is -3.09. The highest BCUT2D eigenvalue weighted by Crippen LogP contribution is 2.31. The molecule has 2 fully saturated rings. The van der Waals surface area contributed by atoms with Crippen molar-refractivity contribution in [1.29, 1.82) is 0 Å². The third kappa shape index (κ3) is 3.86. The Morgan fingerprint density at radius 2 is 2.00 bits per heavy atom. The van der Waals surface area contributed by atoms with Crippen LogP contribution in [0.15, 0.2) is 58.1 Å². The zero-order valence-electron chi connectivity index (χ0n) is 14.9. The smallest absolute Gasteiger partial charge is 0.347 e. The molecule has 2 aromatic rings.